The summed E-state index contributed by atoms with van der Waals surface area (Å²) in [5.41, 5.74) is 2.03. The number of carbonyl (C=O) groups excluding carboxylic acids is 1. The van der Waals surface area contributed by atoms with E-state index in [0.717, 1.165) is 11.3 Å². The minimum absolute atomic E-state index is 0.0473. The van der Waals surface area contributed by atoms with Gasteiger partial charge in [0.25, 0.3) is 0 Å². The van der Waals surface area contributed by atoms with Gasteiger partial charge < -0.3 is 5.32 Å². The van der Waals surface area contributed by atoms with Crippen LogP contribution in [0.15, 0.2) is 35.5 Å². The second kappa shape index (κ2) is 5.30. The maximum Gasteiger partial charge on any atom is 0.225 e. The van der Waals surface area contributed by atoms with Gasteiger partial charge >= 0.3 is 0 Å². The van der Waals surface area contributed by atoms with Crippen LogP contribution in [-0.4, -0.2) is 5.91 Å². The van der Waals surface area contributed by atoms with Crippen LogP contribution < -0.4 is 5.32 Å². The number of hydrogen-bond acceptors (Lipinski definition) is 2. The highest BCUT2D eigenvalue weighted by Crippen LogP contribution is 2.38. The summed E-state index contributed by atoms with van der Waals surface area (Å²) >= 11 is 5.89. The van der Waals surface area contributed by atoms with Crippen LogP contribution in [0.2, 0.25) is 5.02 Å². The van der Waals surface area contributed by atoms with E-state index in [9.17, 15) is 10.1 Å². The predicted molar refractivity (Wildman–Crippen MR) is 79.0 cm³/mol. The normalized spacial score (nSPS) is 19.6. The van der Waals surface area contributed by atoms with E-state index in [0.29, 0.717) is 17.0 Å². The fraction of sp³-hybridized carbons (Fsp3) is 0.375. The maximum atomic E-state index is 12.0. The molecule has 1 aliphatic heterocycles. The van der Waals surface area contributed by atoms with E-state index in [1.807, 2.05) is 32.9 Å². The van der Waals surface area contributed by atoms with Gasteiger partial charge in [-0.2, -0.15) is 5.26 Å². The Balaban J connectivity index is 2.54. The lowest BCUT2D eigenvalue weighted by Gasteiger charge is -2.32. The predicted octanol–water partition coefficient (Wildman–Crippen LogP) is 3.77. The van der Waals surface area contributed by atoms with Crippen molar-refractivity contribution >= 4 is 17.5 Å². The summed E-state index contributed by atoms with van der Waals surface area (Å²) in [5, 5.41) is 13.0. The first kappa shape index (κ1) is 14.6. The molecule has 20 heavy (non-hydrogen) atoms. The monoisotopic (exact) mass is 288 g/mol. The van der Waals surface area contributed by atoms with Crippen LogP contribution in [0.5, 0.6) is 0 Å². The zero-order valence-electron chi connectivity index (χ0n) is 11.8. The standard InChI is InChI=1S/C16H17ClN2O/c1-16(2,3)15-13(9-18)12(8-14(20)19-15)10-4-6-11(17)7-5-10/h4-7,12H,8H2,1-3H3,(H,19,20)/t12-/m0/s1. The summed E-state index contributed by atoms with van der Waals surface area (Å²) in [4.78, 5) is 12.0. The fourth-order valence-corrected chi connectivity index (χ4v) is 2.55. The molecule has 1 amide bonds. The molecule has 0 saturated carbocycles. The first-order valence-corrected chi connectivity index (χ1v) is 6.91. The van der Waals surface area contributed by atoms with Crippen molar-refractivity contribution in [2.24, 2.45) is 5.41 Å². The highest BCUT2D eigenvalue weighted by molar-refractivity contribution is 6.30. The van der Waals surface area contributed by atoms with E-state index in [1.54, 1.807) is 12.1 Å². The molecule has 0 aliphatic carbocycles. The van der Waals surface area contributed by atoms with Crippen LogP contribution in [0.25, 0.3) is 0 Å². The molecule has 0 fully saturated rings. The van der Waals surface area contributed by atoms with Gasteiger partial charge in [-0.05, 0) is 17.7 Å². The smallest absolute Gasteiger partial charge is 0.225 e. The van der Waals surface area contributed by atoms with Gasteiger partial charge in [-0.25, -0.2) is 0 Å². The fourth-order valence-electron chi connectivity index (χ4n) is 2.42. The summed E-state index contributed by atoms with van der Waals surface area (Å²) < 4.78 is 0. The Labute approximate surface area is 124 Å². The van der Waals surface area contributed by atoms with E-state index in [4.69, 9.17) is 11.6 Å². The molecule has 4 heteroatoms. The number of rotatable bonds is 1. The molecule has 1 heterocycles. The molecule has 1 atom stereocenters. The number of nitrogens with one attached hydrogen (secondary N) is 1. The highest BCUT2D eigenvalue weighted by atomic mass is 35.5. The number of halogens is 1. The number of nitrogens with zero attached hydrogens (tertiary/aromatic N) is 1. The second-order valence-electron chi connectivity index (χ2n) is 6.01. The lowest BCUT2D eigenvalue weighted by molar-refractivity contribution is -0.121. The minimum atomic E-state index is -0.272. The minimum Gasteiger partial charge on any atom is -0.328 e. The van der Waals surface area contributed by atoms with Gasteiger partial charge in [0.2, 0.25) is 5.91 Å². The number of hydrogen-bond donors (Lipinski definition) is 1. The lowest BCUT2D eigenvalue weighted by Crippen LogP contribution is -2.37. The SMILES string of the molecule is CC(C)(C)C1=C(C#N)[C@H](c2ccc(Cl)cc2)CC(=O)N1. The molecule has 1 aromatic rings. The Morgan fingerprint density at radius 2 is 1.90 bits per heavy atom. The van der Waals surface area contributed by atoms with Crippen LogP contribution in [-0.2, 0) is 4.79 Å². The van der Waals surface area contributed by atoms with E-state index >= 15 is 0 Å². The number of allylic oxidation sites excluding steroid dienone is 2. The second-order valence-corrected chi connectivity index (χ2v) is 6.44. The molecule has 0 spiro atoms. The zero-order valence-corrected chi connectivity index (χ0v) is 12.6. The lowest BCUT2D eigenvalue weighted by atomic mass is 9.78. The number of carbonyl (C=O) groups is 1. The topological polar surface area (TPSA) is 52.9 Å². The molecule has 3 nitrogen and oxygen atoms in total. The molecule has 0 bridgehead atoms. The summed E-state index contributed by atoms with van der Waals surface area (Å²) in [7, 11) is 0. The van der Waals surface area contributed by atoms with Crippen LogP contribution in [0.3, 0.4) is 0 Å². The average Bonchev–Trinajstić information content (AvgIpc) is 2.37. The largest absolute Gasteiger partial charge is 0.328 e. The van der Waals surface area contributed by atoms with Crippen LogP contribution in [0, 0.1) is 16.7 Å². The van der Waals surface area contributed by atoms with Crippen LogP contribution in [0.4, 0.5) is 0 Å². The van der Waals surface area contributed by atoms with Crippen molar-refractivity contribution in [2.45, 2.75) is 33.1 Å². The van der Waals surface area contributed by atoms with Crippen molar-refractivity contribution < 1.29 is 4.79 Å². The van der Waals surface area contributed by atoms with E-state index in [2.05, 4.69) is 11.4 Å². The van der Waals surface area contributed by atoms with Gasteiger partial charge in [0.1, 0.15) is 0 Å². The average molecular weight is 289 g/mol. The quantitative estimate of drug-likeness (QED) is 0.855. The molecular weight excluding hydrogens is 272 g/mol. The third kappa shape index (κ3) is 2.86. The Morgan fingerprint density at radius 3 is 2.40 bits per heavy atom. The van der Waals surface area contributed by atoms with Gasteiger partial charge in [-0.15, -0.1) is 0 Å². The summed E-state index contributed by atoms with van der Waals surface area (Å²) in [6.45, 7) is 5.97. The molecule has 0 radical (unpaired) electrons. The molecule has 1 N–H and O–H groups in total. The van der Waals surface area contributed by atoms with Gasteiger partial charge in [-0.3, -0.25) is 4.79 Å². The first-order chi connectivity index (χ1) is 9.32. The van der Waals surface area contributed by atoms with Crippen LogP contribution >= 0.6 is 11.6 Å². The summed E-state index contributed by atoms with van der Waals surface area (Å²) in [6.07, 6.45) is 0.296. The Morgan fingerprint density at radius 1 is 1.30 bits per heavy atom. The summed E-state index contributed by atoms with van der Waals surface area (Å²) in [5.74, 6) is -0.242. The molecule has 0 saturated heterocycles. The third-order valence-corrected chi connectivity index (χ3v) is 3.67. The maximum absolute atomic E-state index is 12.0. The van der Waals surface area contributed by atoms with Crippen molar-refractivity contribution in [3.8, 4) is 6.07 Å². The molecule has 0 unspecified atom stereocenters. The van der Waals surface area contributed by atoms with E-state index in [1.165, 1.54) is 0 Å². The molecular formula is C16H17ClN2O. The first-order valence-electron chi connectivity index (χ1n) is 6.53. The molecule has 104 valence electrons. The van der Waals surface area contributed by atoms with Gasteiger partial charge in [0.15, 0.2) is 0 Å². The van der Waals surface area contributed by atoms with Crippen LogP contribution in [0.1, 0.15) is 38.7 Å². The van der Waals surface area contributed by atoms with Crippen molar-refractivity contribution in [3.05, 3.63) is 46.1 Å². The van der Waals surface area contributed by atoms with Crippen molar-refractivity contribution in [2.75, 3.05) is 0 Å². The Hall–Kier alpha value is -1.79. The molecule has 1 aliphatic rings. The summed E-state index contributed by atoms with van der Waals surface area (Å²) in [6, 6.07) is 9.61. The van der Waals surface area contributed by atoms with E-state index < -0.39 is 0 Å². The van der Waals surface area contributed by atoms with Crippen molar-refractivity contribution in [1.29, 1.82) is 5.26 Å². The van der Waals surface area contributed by atoms with Gasteiger partial charge in [0, 0.05) is 28.5 Å². The van der Waals surface area contributed by atoms with Gasteiger partial charge in [-0.1, -0.05) is 44.5 Å². The Kier molecular flexibility index (Phi) is 3.87. The van der Waals surface area contributed by atoms with Crippen molar-refractivity contribution in [3.63, 3.8) is 0 Å². The van der Waals surface area contributed by atoms with Crippen molar-refractivity contribution in [1.82, 2.24) is 5.32 Å². The van der Waals surface area contributed by atoms with E-state index in [-0.39, 0.29) is 17.2 Å². The number of benzene rings is 1. The molecule has 0 aromatic heterocycles. The molecule has 2 rings (SSSR count). The van der Waals surface area contributed by atoms with Gasteiger partial charge in [0.05, 0.1) is 11.6 Å². The number of amides is 1. The highest BCUT2D eigenvalue weighted by Gasteiger charge is 2.34. The third-order valence-electron chi connectivity index (χ3n) is 3.41. The Bertz CT molecular complexity index is 603. The molecule has 1 aromatic carbocycles. The number of nitriles is 1. The zero-order chi connectivity index (χ0) is 14.9.